The Morgan fingerprint density at radius 2 is 2.09 bits per heavy atom. The van der Waals surface area contributed by atoms with Crippen molar-refractivity contribution in [3.05, 3.63) is 35.9 Å². The highest BCUT2D eigenvalue weighted by atomic mass is 15.1. The van der Waals surface area contributed by atoms with E-state index in [4.69, 9.17) is 0 Å². The Kier molecular flexibility index (Phi) is 1.60. The van der Waals surface area contributed by atoms with E-state index in [0.717, 1.165) is 6.54 Å². The maximum absolute atomic E-state index is 3.24. The lowest BCUT2D eigenvalue weighted by atomic mass is 10.1. The average Bonchev–Trinajstić information content (AvgIpc) is 2.58. The first-order chi connectivity index (χ1) is 5.47. The highest BCUT2D eigenvalue weighted by Crippen LogP contribution is 2.09. The standard InChI is InChI=1S/C9H10N2/c1-2-4-8(5-3-1)9-6-10-7-11-9/h1-5,7,9H,6H2,(H,10,11)/p+1. The van der Waals surface area contributed by atoms with E-state index in [1.54, 1.807) is 0 Å². The van der Waals surface area contributed by atoms with Crippen LogP contribution in [0, 0.1) is 0 Å². The molecule has 1 heterocycles. The molecule has 1 unspecified atom stereocenters. The van der Waals surface area contributed by atoms with Gasteiger partial charge in [0, 0.05) is 0 Å². The average molecular weight is 147 g/mol. The molecule has 0 spiro atoms. The zero-order valence-corrected chi connectivity index (χ0v) is 6.25. The molecule has 2 rings (SSSR count). The van der Waals surface area contributed by atoms with Crippen molar-refractivity contribution in [1.29, 1.82) is 0 Å². The summed E-state index contributed by atoms with van der Waals surface area (Å²) in [5, 5.41) is 3.24. The van der Waals surface area contributed by atoms with Gasteiger partial charge in [-0.15, -0.1) is 0 Å². The first kappa shape index (κ1) is 6.40. The lowest BCUT2D eigenvalue weighted by Gasteiger charge is -2.02. The predicted molar refractivity (Wildman–Crippen MR) is 44.2 cm³/mol. The molecule has 0 saturated carbocycles. The molecule has 0 fully saturated rings. The molecule has 1 atom stereocenters. The number of hydrogen-bond acceptors (Lipinski definition) is 1. The Labute approximate surface area is 66.0 Å². The van der Waals surface area contributed by atoms with Crippen molar-refractivity contribution in [3.8, 4) is 0 Å². The van der Waals surface area contributed by atoms with Crippen molar-refractivity contribution in [1.82, 2.24) is 5.32 Å². The van der Waals surface area contributed by atoms with Crippen LogP contribution < -0.4 is 10.3 Å². The molecule has 2 nitrogen and oxygen atoms in total. The molecule has 0 saturated heterocycles. The van der Waals surface area contributed by atoms with Crippen molar-refractivity contribution in [2.45, 2.75) is 6.04 Å². The molecule has 0 bridgehead atoms. The summed E-state index contributed by atoms with van der Waals surface area (Å²) in [6, 6.07) is 10.9. The summed E-state index contributed by atoms with van der Waals surface area (Å²) < 4.78 is 0. The van der Waals surface area contributed by atoms with Gasteiger partial charge in [0.1, 0.15) is 6.54 Å². The van der Waals surface area contributed by atoms with Crippen LogP contribution in [0.1, 0.15) is 11.6 Å². The quantitative estimate of drug-likeness (QED) is 0.547. The van der Waals surface area contributed by atoms with Gasteiger partial charge in [-0.3, -0.25) is 10.3 Å². The highest BCUT2D eigenvalue weighted by molar-refractivity contribution is 5.50. The molecule has 0 amide bonds. The third-order valence-electron chi connectivity index (χ3n) is 1.91. The molecule has 1 aliphatic heterocycles. The zero-order valence-electron chi connectivity index (χ0n) is 6.25. The SMILES string of the molecule is C1=[NH+]CC(c2ccccc2)N1. The van der Waals surface area contributed by atoms with Crippen LogP contribution in [-0.2, 0) is 0 Å². The Morgan fingerprint density at radius 3 is 2.73 bits per heavy atom. The lowest BCUT2D eigenvalue weighted by Crippen LogP contribution is -2.66. The molecule has 0 aliphatic carbocycles. The van der Waals surface area contributed by atoms with E-state index in [2.05, 4.69) is 34.6 Å². The van der Waals surface area contributed by atoms with Crippen LogP contribution in [0.25, 0.3) is 0 Å². The van der Waals surface area contributed by atoms with Crippen LogP contribution in [0.5, 0.6) is 0 Å². The monoisotopic (exact) mass is 147 g/mol. The molecule has 1 aromatic rings. The van der Waals surface area contributed by atoms with Crippen LogP contribution in [0.15, 0.2) is 30.3 Å². The largest absolute Gasteiger partial charge is 0.276 e. The van der Waals surface area contributed by atoms with Gasteiger partial charge in [-0.25, -0.2) is 0 Å². The maximum Gasteiger partial charge on any atom is 0.230 e. The van der Waals surface area contributed by atoms with E-state index in [1.807, 2.05) is 12.4 Å². The predicted octanol–water partition coefficient (Wildman–Crippen LogP) is -0.560. The molecule has 56 valence electrons. The van der Waals surface area contributed by atoms with Gasteiger partial charge in [0.05, 0.1) is 0 Å². The second-order valence-corrected chi connectivity index (χ2v) is 2.68. The summed E-state index contributed by atoms with van der Waals surface area (Å²) in [5.74, 6) is 0. The van der Waals surface area contributed by atoms with Crippen molar-refractivity contribution in [3.63, 3.8) is 0 Å². The summed E-state index contributed by atoms with van der Waals surface area (Å²) in [7, 11) is 0. The van der Waals surface area contributed by atoms with E-state index in [0.29, 0.717) is 6.04 Å². The molecular formula is C9H11N2+. The fourth-order valence-corrected chi connectivity index (χ4v) is 1.29. The van der Waals surface area contributed by atoms with Gasteiger partial charge in [0.15, 0.2) is 6.04 Å². The lowest BCUT2D eigenvalue weighted by molar-refractivity contribution is -0.444. The number of hydrogen-bond donors (Lipinski definition) is 2. The van der Waals surface area contributed by atoms with Gasteiger partial charge in [-0.2, -0.15) is 0 Å². The second kappa shape index (κ2) is 2.74. The molecule has 0 radical (unpaired) electrons. The van der Waals surface area contributed by atoms with Crippen LogP contribution in [0.2, 0.25) is 0 Å². The van der Waals surface area contributed by atoms with Crippen molar-refractivity contribution in [2.24, 2.45) is 0 Å². The third kappa shape index (κ3) is 1.24. The highest BCUT2D eigenvalue weighted by Gasteiger charge is 2.17. The molecule has 1 aromatic carbocycles. The van der Waals surface area contributed by atoms with Crippen LogP contribution in [-0.4, -0.2) is 12.9 Å². The van der Waals surface area contributed by atoms with Gasteiger partial charge in [-0.1, -0.05) is 30.3 Å². The second-order valence-electron chi connectivity index (χ2n) is 2.68. The summed E-state index contributed by atoms with van der Waals surface area (Å²) >= 11 is 0. The molecule has 1 aliphatic rings. The minimum absolute atomic E-state index is 0.455. The molecule has 2 N–H and O–H groups in total. The van der Waals surface area contributed by atoms with Crippen molar-refractivity contribution < 1.29 is 4.99 Å². The summed E-state index contributed by atoms with van der Waals surface area (Å²) in [5.41, 5.74) is 1.34. The fraction of sp³-hybridized carbons (Fsp3) is 0.222. The Bertz CT molecular complexity index is 246. The van der Waals surface area contributed by atoms with Crippen molar-refractivity contribution in [2.75, 3.05) is 6.54 Å². The number of nitrogens with one attached hydrogen (secondary N) is 2. The van der Waals surface area contributed by atoms with Gasteiger partial charge in [0.25, 0.3) is 0 Å². The Balaban J connectivity index is 2.17. The van der Waals surface area contributed by atoms with Crippen molar-refractivity contribution >= 4 is 6.34 Å². The van der Waals surface area contributed by atoms with Gasteiger partial charge < -0.3 is 0 Å². The molecule has 2 heteroatoms. The van der Waals surface area contributed by atoms with Crippen LogP contribution in [0.3, 0.4) is 0 Å². The molecule has 11 heavy (non-hydrogen) atoms. The normalized spacial score (nSPS) is 21.6. The smallest absolute Gasteiger partial charge is 0.230 e. The van der Waals surface area contributed by atoms with E-state index in [-0.39, 0.29) is 0 Å². The summed E-state index contributed by atoms with van der Waals surface area (Å²) in [4.78, 5) is 3.13. The third-order valence-corrected chi connectivity index (χ3v) is 1.91. The number of rotatable bonds is 1. The van der Waals surface area contributed by atoms with Gasteiger partial charge in [0.2, 0.25) is 6.34 Å². The Hall–Kier alpha value is -1.31. The molecular weight excluding hydrogens is 136 g/mol. The van der Waals surface area contributed by atoms with Crippen LogP contribution >= 0.6 is 0 Å². The maximum atomic E-state index is 3.24. The first-order valence-corrected chi connectivity index (χ1v) is 3.83. The topological polar surface area (TPSA) is 26.0 Å². The summed E-state index contributed by atoms with van der Waals surface area (Å²) in [6.07, 6.45) is 1.90. The minimum Gasteiger partial charge on any atom is -0.276 e. The zero-order chi connectivity index (χ0) is 7.52. The fourth-order valence-electron chi connectivity index (χ4n) is 1.29. The summed E-state index contributed by atoms with van der Waals surface area (Å²) in [6.45, 7) is 0.990. The van der Waals surface area contributed by atoms with E-state index >= 15 is 0 Å². The first-order valence-electron chi connectivity index (χ1n) is 3.83. The van der Waals surface area contributed by atoms with E-state index < -0.39 is 0 Å². The van der Waals surface area contributed by atoms with Gasteiger partial charge in [-0.05, 0) is 5.56 Å². The number of benzene rings is 1. The molecule has 0 aromatic heterocycles. The van der Waals surface area contributed by atoms with Crippen LogP contribution in [0.4, 0.5) is 0 Å². The van der Waals surface area contributed by atoms with E-state index in [9.17, 15) is 0 Å². The van der Waals surface area contributed by atoms with Gasteiger partial charge >= 0.3 is 0 Å². The minimum atomic E-state index is 0.455. The van der Waals surface area contributed by atoms with E-state index in [1.165, 1.54) is 5.56 Å². The Morgan fingerprint density at radius 1 is 1.27 bits per heavy atom.